The Kier molecular flexibility index (Phi) is 7.04. The smallest absolute Gasteiger partial charge is 0.292 e. The fraction of sp³-hybridized carbons (Fsp3) is 0.125. The molecule has 0 amide bonds. The van der Waals surface area contributed by atoms with Crippen LogP contribution in [0.2, 0.25) is 0 Å². The molecule has 3 aromatic carbocycles. The van der Waals surface area contributed by atoms with E-state index >= 15 is 0 Å². The van der Waals surface area contributed by atoms with Gasteiger partial charge >= 0.3 is 5.25 Å². The van der Waals surface area contributed by atoms with Crippen molar-refractivity contribution in [3.05, 3.63) is 101 Å². The first-order valence-electron chi connectivity index (χ1n) is 9.25. The van der Waals surface area contributed by atoms with Crippen LogP contribution in [0.3, 0.4) is 0 Å². The van der Waals surface area contributed by atoms with Crippen molar-refractivity contribution in [3.8, 4) is 11.8 Å². The van der Waals surface area contributed by atoms with E-state index in [1.54, 1.807) is 48.5 Å². The number of carbonyl (C=O) groups excluding carboxylic acids is 1. The molecule has 158 valence electrons. The highest BCUT2D eigenvalue weighted by Gasteiger charge is 2.53. The van der Waals surface area contributed by atoms with Crippen LogP contribution in [0.25, 0.3) is 0 Å². The molecule has 3 rings (SSSR count). The third kappa shape index (κ3) is 5.09. The Bertz CT molecular complexity index is 1230. The van der Waals surface area contributed by atoms with E-state index < -0.39 is 38.1 Å². The summed E-state index contributed by atoms with van der Waals surface area (Å²) in [6.45, 7) is 0. The summed E-state index contributed by atoms with van der Waals surface area (Å²) in [4.78, 5) is 12.0. The van der Waals surface area contributed by atoms with Gasteiger partial charge in [-0.1, -0.05) is 82.4 Å². The molecule has 0 aromatic heterocycles. The molecule has 0 unspecified atom stereocenters. The molecule has 3 aromatic rings. The summed E-state index contributed by atoms with van der Waals surface area (Å²) in [6, 6.07) is 21.9. The van der Waals surface area contributed by atoms with E-state index in [-0.39, 0.29) is 0 Å². The van der Waals surface area contributed by atoms with Gasteiger partial charge in [-0.2, -0.15) is 8.78 Å². The summed E-state index contributed by atoms with van der Waals surface area (Å²) in [7, 11) is -5.19. The first-order valence-corrected chi connectivity index (χ1v) is 11.5. The number of Topliss-reactive ketones (excluding diaryl/α,β-unsaturated/α-hetero) is 1. The monoisotopic (exact) mass is 502 g/mol. The predicted molar refractivity (Wildman–Crippen MR) is 118 cm³/mol. The largest absolute Gasteiger partial charge is 0.406 e. The van der Waals surface area contributed by atoms with Crippen molar-refractivity contribution in [2.24, 2.45) is 0 Å². The Balaban J connectivity index is 1.96. The molecular formula is C24H17BrF2O3S. The molecule has 0 bridgehead atoms. The van der Waals surface area contributed by atoms with Gasteiger partial charge in [0.25, 0.3) is 9.84 Å². The van der Waals surface area contributed by atoms with Gasteiger partial charge in [0.15, 0.2) is 0 Å². The topological polar surface area (TPSA) is 51.2 Å². The molecule has 31 heavy (non-hydrogen) atoms. The predicted octanol–water partition coefficient (Wildman–Crippen LogP) is 5.61. The van der Waals surface area contributed by atoms with Crippen LogP contribution >= 0.6 is 15.9 Å². The molecule has 7 heteroatoms. The van der Waals surface area contributed by atoms with Crippen molar-refractivity contribution >= 4 is 31.6 Å². The second kappa shape index (κ2) is 9.54. The number of hydrogen-bond acceptors (Lipinski definition) is 3. The lowest BCUT2D eigenvalue weighted by atomic mass is 9.94. The van der Waals surface area contributed by atoms with E-state index in [1.165, 1.54) is 18.2 Å². The highest BCUT2D eigenvalue weighted by Crippen LogP contribution is 2.35. The molecule has 0 radical (unpaired) electrons. The second-order valence-corrected chi connectivity index (χ2v) is 9.52. The van der Waals surface area contributed by atoms with Crippen molar-refractivity contribution in [3.63, 3.8) is 0 Å². The summed E-state index contributed by atoms with van der Waals surface area (Å²) in [6.07, 6.45) is -0.762. The Morgan fingerprint density at radius 2 is 1.45 bits per heavy atom. The number of sulfone groups is 1. The minimum absolute atomic E-state index is 0.521. The SMILES string of the molecule is O=C(C[C@@H](C#Cc1ccccc1)c1ccccc1Br)C(F)(F)S(=O)(=O)c1ccccc1. The lowest BCUT2D eigenvalue weighted by Crippen LogP contribution is -2.38. The lowest BCUT2D eigenvalue weighted by Gasteiger charge is -2.19. The van der Waals surface area contributed by atoms with Gasteiger partial charge in [-0.25, -0.2) is 8.42 Å². The van der Waals surface area contributed by atoms with E-state index in [9.17, 15) is 22.0 Å². The minimum atomic E-state index is -5.19. The fourth-order valence-corrected chi connectivity index (χ4v) is 4.65. The Hall–Kier alpha value is -2.82. The zero-order valence-electron chi connectivity index (χ0n) is 16.1. The van der Waals surface area contributed by atoms with Gasteiger partial charge in [-0.15, -0.1) is 0 Å². The van der Waals surface area contributed by atoms with Crippen LogP contribution in [-0.4, -0.2) is 19.5 Å². The lowest BCUT2D eigenvalue weighted by molar-refractivity contribution is -0.133. The fourth-order valence-electron chi connectivity index (χ4n) is 2.89. The number of rotatable bonds is 6. The van der Waals surface area contributed by atoms with Gasteiger partial charge in [0.05, 0.1) is 10.8 Å². The van der Waals surface area contributed by atoms with E-state index in [4.69, 9.17) is 0 Å². The maximum atomic E-state index is 14.8. The maximum Gasteiger partial charge on any atom is 0.406 e. The normalized spacial score (nSPS) is 12.5. The Morgan fingerprint density at radius 3 is 2.06 bits per heavy atom. The van der Waals surface area contributed by atoms with E-state index in [0.717, 1.165) is 12.1 Å². The van der Waals surface area contributed by atoms with Gasteiger partial charge in [0, 0.05) is 16.5 Å². The number of ketones is 1. The van der Waals surface area contributed by atoms with Crippen molar-refractivity contribution < 1.29 is 22.0 Å². The van der Waals surface area contributed by atoms with E-state index in [0.29, 0.717) is 15.6 Å². The highest BCUT2D eigenvalue weighted by molar-refractivity contribution is 9.10. The van der Waals surface area contributed by atoms with Gasteiger partial charge in [0.1, 0.15) is 0 Å². The van der Waals surface area contributed by atoms with Crippen LogP contribution in [0.5, 0.6) is 0 Å². The van der Waals surface area contributed by atoms with Crippen LogP contribution in [-0.2, 0) is 14.6 Å². The molecule has 0 aliphatic rings. The molecular weight excluding hydrogens is 486 g/mol. The first-order chi connectivity index (χ1) is 14.7. The maximum absolute atomic E-state index is 14.8. The molecule has 0 aliphatic heterocycles. The third-order valence-electron chi connectivity index (χ3n) is 4.55. The summed E-state index contributed by atoms with van der Waals surface area (Å²) in [5.41, 5.74) is 1.17. The molecule has 0 saturated carbocycles. The van der Waals surface area contributed by atoms with Crippen molar-refractivity contribution in [1.82, 2.24) is 0 Å². The van der Waals surface area contributed by atoms with Gasteiger partial charge in [-0.3, -0.25) is 4.79 Å². The third-order valence-corrected chi connectivity index (χ3v) is 7.07. The summed E-state index contributed by atoms with van der Waals surface area (Å²) < 4.78 is 55.1. The van der Waals surface area contributed by atoms with Crippen LogP contribution in [0.1, 0.15) is 23.5 Å². The van der Waals surface area contributed by atoms with Crippen LogP contribution in [0.4, 0.5) is 8.78 Å². The molecule has 3 nitrogen and oxygen atoms in total. The van der Waals surface area contributed by atoms with Crippen molar-refractivity contribution in [2.75, 3.05) is 0 Å². The van der Waals surface area contributed by atoms with Gasteiger partial charge < -0.3 is 0 Å². The summed E-state index contributed by atoms with van der Waals surface area (Å²) >= 11 is 3.35. The molecule has 0 spiro atoms. The van der Waals surface area contributed by atoms with Gasteiger partial charge in [0.2, 0.25) is 5.78 Å². The zero-order chi connectivity index (χ0) is 22.5. The summed E-state index contributed by atoms with van der Waals surface area (Å²) in [5.74, 6) is 3.10. The highest BCUT2D eigenvalue weighted by atomic mass is 79.9. The molecule has 0 aliphatic carbocycles. The van der Waals surface area contributed by atoms with Gasteiger partial charge in [-0.05, 0) is 35.9 Å². The number of carbonyl (C=O) groups is 1. The number of halogens is 3. The molecule has 1 atom stereocenters. The number of benzene rings is 3. The number of alkyl halides is 2. The molecule has 0 saturated heterocycles. The van der Waals surface area contributed by atoms with E-state index in [2.05, 4.69) is 27.8 Å². The standard InChI is InChI=1S/C24H17BrF2O3S/c25-22-14-8-7-13-21(22)19(16-15-18-9-3-1-4-10-18)17-23(28)24(26,27)31(29,30)20-11-5-2-6-12-20/h1-14,19H,17H2/t19-/m1/s1. The van der Waals surface area contributed by atoms with Crippen LogP contribution in [0.15, 0.2) is 94.3 Å². The second-order valence-electron chi connectivity index (χ2n) is 6.67. The molecule has 0 heterocycles. The zero-order valence-corrected chi connectivity index (χ0v) is 18.5. The summed E-state index contributed by atoms with van der Waals surface area (Å²) in [5, 5.41) is -4.58. The van der Waals surface area contributed by atoms with E-state index in [1.807, 2.05) is 6.07 Å². The van der Waals surface area contributed by atoms with Crippen LogP contribution in [0, 0.1) is 11.8 Å². The molecule has 0 fully saturated rings. The quantitative estimate of drug-likeness (QED) is 0.411. The first kappa shape index (κ1) is 22.9. The molecule has 0 N–H and O–H groups in total. The Labute approximate surface area is 188 Å². The van der Waals surface area contributed by atoms with Crippen molar-refractivity contribution in [1.29, 1.82) is 0 Å². The van der Waals surface area contributed by atoms with Crippen molar-refractivity contribution in [2.45, 2.75) is 22.5 Å². The number of hydrogen-bond donors (Lipinski definition) is 0. The minimum Gasteiger partial charge on any atom is -0.292 e. The van der Waals surface area contributed by atoms with Crippen LogP contribution < -0.4 is 0 Å². The average molecular weight is 503 g/mol. The Morgan fingerprint density at radius 1 is 0.903 bits per heavy atom. The average Bonchev–Trinajstić information content (AvgIpc) is 2.78.